The van der Waals surface area contributed by atoms with Gasteiger partial charge in [-0.25, -0.2) is 13.4 Å². The minimum atomic E-state index is -3.74. The van der Waals surface area contributed by atoms with Gasteiger partial charge in [-0.1, -0.05) is 18.2 Å². The quantitative estimate of drug-likeness (QED) is 0.546. The molecule has 0 fully saturated rings. The van der Waals surface area contributed by atoms with Gasteiger partial charge in [0.2, 0.25) is 0 Å². The average Bonchev–Trinajstić information content (AvgIpc) is 2.63. The summed E-state index contributed by atoms with van der Waals surface area (Å²) in [7, 11) is -3.74. The number of carbonyl (C=O) groups excluding carboxylic acids is 1. The van der Waals surface area contributed by atoms with Crippen LogP contribution in [-0.2, 0) is 10.0 Å². The molecule has 6 nitrogen and oxygen atoms in total. The van der Waals surface area contributed by atoms with Crippen LogP contribution in [0, 0.1) is 3.57 Å². The molecular formula is C18H14IN3O3S. The third-order valence-corrected chi connectivity index (χ3v) is 5.76. The van der Waals surface area contributed by atoms with Crippen molar-refractivity contribution in [3.63, 3.8) is 0 Å². The number of sulfonamides is 1. The third kappa shape index (κ3) is 4.38. The van der Waals surface area contributed by atoms with Gasteiger partial charge in [-0.3, -0.25) is 9.52 Å². The molecule has 3 aromatic rings. The van der Waals surface area contributed by atoms with E-state index in [9.17, 15) is 13.2 Å². The largest absolute Gasteiger partial charge is 0.322 e. The van der Waals surface area contributed by atoms with Crippen molar-refractivity contribution in [2.24, 2.45) is 0 Å². The number of carbonyl (C=O) groups is 1. The number of pyridine rings is 1. The maximum absolute atomic E-state index is 12.4. The fourth-order valence-electron chi connectivity index (χ4n) is 2.18. The average molecular weight is 479 g/mol. The van der Waals surface area contributed by atoms with Crippen molar-refractivity contribution in [1.29, 1.82) is 0 Å². The van der Waals surface area contributed by atoms with Crippen LogP contribution < -0.4 is 10.0 Å². The zero-order valence-electron chi connectivity index (χ0n) is 13.4. The molecule has 0 bridgehead atoms. The van der Waals surface area contributed by atoms with Gasteiger partial charge in [0.25, 0.3) is 15.9 Å². The molecule has 0 aliphatic heterocycles. The number of nitrogens with one attached hydrogen (secondary N) is 2. The molecule has 0 aliphatic carbocycles. The van der Waals surface area contributed by atoms with Crippen LogP contribution in [0.4, 0.5) is 11.5 Å². The van der Waals surface area contributed by atoms with E-state index < -0.39 is 10.0 Å². The van der Waals surface area contributed by atoms with Gasteiger partial charge in [0.1, 0.15) is 5.82 Å². The summed E-state index contributed by atoms with van der Waals surface area (Å²) in [6.45, 7) is 0. The first-order valence-corrected chi connectivity index (χ1v) is 10.1. The lowest BCUT2D eigenvalue weighted by atomic mass is 10.2. The Morgan fingerprint density at radius 2 is 1.62 bits per heavy atom. The van der Waals surface area contributed by atoms with Crippen molar-refractivity contribution >= 4 is 50.0 Å². The lowest BCUT2D eigenvalue weighted by Crippen LogP contribution is -2.15. The van der Waals surface area contributed by atoms with Crippen LogP contribution in [0.3, 0.4) is 0 Å². The highest BCUT2D eigenvalue weighted by Crippen LogP contribution is 2.19. The first-order valence-electron chi connectivity index (χ1n) is 7.55. The molecule has 1 aromatic heterocycles. The highest BCUT2D eigenvalue weighted by molar-refractivity contribution is 14.1. The maximum Gasteiger partial charge on any atom is 0.263 e. The first-order chi connectivity index (χ1) is 12.5. The van der Waals surface area contributed by atoms with Gasteiger partial charge in [0.15, 0.2) is 0 Å². The molecule has 0 saturated heterocycles. The monoisotopic (exact) mass is 479 g/mol. The van der Waals surface area contributed by atoms with Crippen molar-refractivity contribution in [1.82, 2.24) is 4.98 Å². The standard InChI is InChI=1S/C18H14IN3O3S/c19-16-6-2-1-5-15(16)18(23)21-13-8-10-14(11-9-13)26(24,25)22-17-7-3-4-12-20-17/h1-12H,(H,20,22)(H,21,23). The summed E-state index contributed by atoms with van der Waals surface area (Å²) in [6.07, 6.45) is 1.50. The number of halogens is 1. The molecular weight excluding hydrogens is 465 g/mol. The summed E-state index contributed by atoms with van der Waals surface area (Å²) in [5, 5.41) is 2.76. The van der Waals surface area contributed by atoms with E-state index >= 15 is 0 Å². The van der Waals surface area contributed by atoms with Crippen LogP contribution in [0.25, 0.3) is 0 Å². The smallest absolute Gasteiger partial charge is 0.263 e. The second kappa shape index (κ2) is 7.83. The number of rotatable bonds is 5. The van der Waals surface area contributed by atoms with Crippen molar-refractivity contribution in [3.8, 4) is 0 Å². The van der Waals surface area contributed by atoms with Crippen LogP contribution >= 0.6 is 22.6 Å². The Morgan fingerprint density at radius 3 is 2.27 bits per heavy atom. The van der Waals surface area contributed by atoms with Crippen LogP contribution in [0.2, 0.25) is 0 Å². The normalized spacial score (nSPS) is 11.0. The highest BCUT2D eigenvalue weighted by atomic mass is 127. The van der Waals surface area contributed by atoms with Gasteiger partial charge >= 0.3 is 0 Å². The van der Waals surface area contributed by atoms with Gasteiger partial charge in [0.05, 0.1) is 10.5 Å². The number of anilines is 2. The van der Waals surface area contributed by atoms with Gasteiger partial charge in [-0.2, -0.15) is 0 Å². The molecule has 0 radical (unpaired) electrons. The van der Waals surface area contributed by atoms with E-state index in [1.54, 1.807) is 42.5 Å². The lowest BCUT2D eigenvalue weighted by Gasteiger charge is -2.09. The van der Waals surface area contributed by atoms with E-state index in [4.69, 9.17) is 0 Å². The Labute approximate surface area is 164 Å². The zero-order chi connectivity index (χ0) is 18.6. The SMILES string of the molecule is O=C(Nc1ccc(S(=O)(=O)Nc2ccccn2)cc1)c1ccccc1I. The number of nitrogens with zero attached hydrogens (tertiary/aromatic N) is 1. The lowest BCUT2D eigenvalue weighted by molar-refractivity contribution is 0.102. The van der Waals surface area contributed by atoms with E-state index in [2.05, 4.69) is 37.6 Å². The molecule has 132 valence electrons. The zero-order valence-corrected chi connectivity index (χ0v) is 16.4. The molecule has 1 heterocycles. The van der Waals surface area contributed by atoms with Crippen molar-refractivity contribution in [2.75, 3.05) is 10.0 Å². The Balaban J connectivity index is 1.74. The fraction of sp³-hybridized carbons (Fsp3) is 0. The van der Waals surface area contributed by atoms with Gasteiger partial charge < -0.3 is 5.32 Å². The van der Waals surface area contributed by atoms with E-state index in [0.717, 1.165) is 3.57 Å². The topological polar surface area (TPSA) is 88.2 Å². The molecule has 1 amide bonds. The number of hydrogen-bond acceptors (Lipinski definition) is 4. The number of benzene rings is 2. The first kappa shape index (κ1) is 18.3. The molecule has 0 atom stereocenters. The Hall–Kier alpha value is -2.46. The fourth-order valence-corrected chi connectivity index (χ4v) is 3.82. The Bertz CT molecular complexity index is 1020. The molecule has 8 heteroatoms. The molecule has 26 heavy (non-hydrogen) atoms. The molecule has 0 unspecified atom stereocenters. The third-order valence-electron chi connectivity index (χ3n) is 3.44. The number of amides is 1. The molecule has 0 saturated carbocycles. The Morgan fingerprint density at radius 1 is 0.923 bits per heavy atom. The predicted octanol–water partition coefficient (Wildman–Crippen LogP) is 3.74. The summed E-state index contributed by atoms with van der Waals surface area (Å²) >= 11 is 2.09. The number of aromatic nitrogens is 1. The van der Waals surface area contributed by atoms with Gasteiger partial charge in [-0.05, 0) is 71.1 Å². The highest BCUT2D eigenvalue weighted by Gasteiger charge is 2.15. The van der Waals surface area contributed by atoms with E-state index in [0.29, 0.717) is 11.3 Å². The van der Waals surface area contributed by atoms with Gasteiger partial charge in [0, 0.05) is 15.5 Å². The second-order valence-electron chi connectivity index (χ2n) is 5.28. The van der Waals surface area contributed by atoms with Crippen LogP contribution in [0.1, 0.15) is 10.4 Å². The molecule has 3 rings (SSSR count). The van der Waals surface area contributed by atoms with E-state index in [1.807, 2.05) is 12.1 Å². The summed E-state index contributed by atoms with van der Waals surface area (Å²) in [5.41, 5.74) is 1.06. The summed E-state index contributed by atoms with van der Waals surface area (Å²) < 4.78 is 28.0. The molecule has 2 N–H and O–H groups in total. The minimum Gasteiger partial charge on any atom is -0.322 e. The van der Waals surface area contributed by atoms with Gasteiger partial charge in [-0.15, -0.1) is 0 Å². The van der Waals surface area contributed by atoms with E-state index in [1.165, 1.54) is 18.3 Å². The Kier molecular flexibility index (Phi) is 5.52. The van der Waals surface area contributed by atoms with Crippen LogP contribution in [0.15, 0.2) is 77.8 Å². The summed E-state index contributed by atoms with van der Waals surface area (Å²) in [6, 6.07) is 18.1. The van der Waals surface area contributed by atoms with Crippen LogP contribution in [0.5, 0.6) is 0 Å². The summed E-state index contributed by atoms with van der Waals surface area (Å²) in [4.78, 5) is 16.3. The summed E-state index contributed by atoms with van der Waals surface area (Å²) in [5.74, 6) is -0.0132. The van der Waals surface area contributed by atoms with Crippen molar-refractivity contribution in [2.45, 2.75) is 4.90 Å². The van der Waals surface area contributed by atoms with Crippen molar-refractivity contribution < 1.29 is 13.2 Å². The van der Waals surface area contributed by atoms with Crippen molar-refractivity contribution in [3.05, 3.63) is 82.1 Å². The maximum atomic E-state index is 12.4. The number of hydrogen-bond donors (Lipinski definition) is 2. The molecule has 0 spiro atoms. The molecule has 2 aromatic carbocycles. The van der Waals surface area contributed by atoms with Crippen LogP contribution in [-0.4, -0.2) is 19.3 Å². The van der Waals surface area contributed by atoms with E-state index in [-0.39, 0.29) is 16.6 Å². The predicted molar refractivity (Wildman–Crippen MR) is 109 cm³/mol. The molecule has 0 aliphatic rings. The second-order valence-corrected chi connectivity index (χ2v) is 8.12. The minimum absolute atomic E-state index is 0.0791.